The minimum atomic E-state index is -1.11. The molecule has 0 aliphatic heterocycles. The van der Waals surface area contributed by atoms with Crippen LogP contribution in [0, 0.1) is 0 Å². The van der Waals surface area contributed by atoms with Crippen LogP contribution in [0.4, 0.5) is 0 Å². The summed E-state index contributed by atoms with van der Waals surface area (Å²) in [6.07, 6.45) is 5.78. The van der Waals surface area contributed by atoms with Gasteiger partial charge in [-0.25, -0.2) is 0 Å². The maximum absolute atomic E-state index is 9.84. The van der Waals surface area contributed by atoms with Crippen molar-refractivity contribution in [3.8, 4) is 0 Å². The first-order valence-electron chi connectivity index (χ1n) is 7.22. The van der Waals surface area contributed by atoms with E-state index in [1.54, 1.807) is 8.87 Å². The Morgan fingerprint density at radius 3 is 1.50 bits per heavy atom. The van der Waals surface area contributed by atoms with Gasteiger partial charge >= 0.3 is 69.5 Å². The van der Waals surface area contributed by atoms with E-state index in [1.807, 2.05) is 0 Å². The van der Waals surface area contributed by atoms with Gasteiger partial charge in [-0.1, -0.05) is 0 Å². The van der Waals surface area contributed by atoms with Crippen LogP contribution in [0.15, 0.2) is 0 Å². The van der Waals surface area contributed by atoms with Gasteiger partial charge in [0.2, 0.25) is 0 Å². The van der Waals surface area contributed by atoms with Gasteiger partial charge < -0.3 is 30.8 Å². The number of hydrogen-bond acceptors (Lipinski definition) is 5. The Hall–Kier alpha value is 0.00870. The van der Waals surface area contributed by atoms with Crippen LogP contribution in [-0.4, -0.2) is 55.5 Å². The molecule has 22 heavy (non-hydrogen) atoms. The smallest absolute Gasteiger partial charge is 0.0422 e. The summed E-state index contributed by atoms with van der Waals surface area (Å²) in [4.78, 5) is 19.7. The predicted molar refractivity (Wildman–Crippen MR) is 89.0 cm³/mol. The first kappa shape index (κ1) is 30.0. The quantitative estimate of drug-likeness (QED) is 0.293. The van der Waals surface area contributed by atoms with Gasteiger partial charge in [0.05, 0.1) is 0 Å². The van der Waals surface area contributed by atoms with Crippen molar-refractivity contribution in [1.82, 2.24) is 0 Å². The van der Waals surface area contributed by atoms with E-state index in [9.17, 15) is 19.8 Å². The zero-order valence-electron chi connectivity index (χ0n) is 13.6. The van der Waals surface area contributed by atoms with Crippen molar-refractivity contribution in [3.63, 3.8) is 0 Å². The second-order valence-corrected chi connectivity index (χ2v) is 9.82. The van der Waals surface area contributed by atoms with Gasteiger partial charge in [0.25, 0.3) is 0 Å². The van der Waals surface area contributed by atoms with E-state index in [0.717, 1.165) is 0 Å². The second-order valence-electron chi connectivity index (χ2n) is 4.31. The van der Waals surface area contributed by atoms with Gasteiger partial charge in [0, 0.05) is 11.9 Å². The van der Waals surface area contributed by atoms with E-state index in [-0.39, 0.29) is 44.9 Å². The molecule has 0 aliphatic carbocycles. The number of rotatable bonds is 12. The topological polar surface area (TPSA) is 143 Å². The maximum Gasteiger partial charge on any atom is 0.0422 e. The summed E-state index contributed by atoms with van der Waals surface area (Å²) in [6.45, 7) is 4.58. The van der Waals surface area contributed by atoms with Gasteiger partial charge in [-0.15, -0.1) is 0 Å². The van der Waals surface area contributed by atoms with E-state index < -0.39 is 11.9 Å². The number of carbonyl (C=O) groups is 2. The second kappa shape index (κ2) is 25.9. The van der Waals surface area contributed by atoms with Crippen molar-refractivity contribution >= 4 is 44.8 Å². The molecule has 0 rings (SSSR count). The van der Waals surface area contributed by atoms with E-state index >= 15 is 0 Å². The summed E-state index contributed by atoms with van der Waals surface area (Å²) in [5, 5.41) is 19.7. The molecule has 0 saturated carbocycles. The zero-order valence-corrected chi connectivity index (χ0v) is 17.3. The molecule has 2 radical (unpaired) electrons. The fraction of sp³-hybridized carbons (Fsp3) is 0.857. The molecule has 8 heteroatoms. The average molecular weight is 445 g/mol. The molecular weight excluding hydrogens is 415 g/mol. The Morgan fingerprint density at radius 1 is 0.864 bits per heavy atom. The first-order chi connectivity index (χ1) is 9.54. The Labute approximate surface area is 148 Å². The molecule has 4 N–H and O–H groups in total. The summed E-state index contributed by atoms with van der Waals surface area (Å²) in [7, 11) is 0. The van der Waals surface area contributed by atoms with Gasteiger partial charge in [0.15, 0.2) is 0 Å². The van der Waals surface area contributed by atoms with Crippen molar-refractivity contribution in [3.05, 3.63) is 0 Å². The standard InChI is InChI=1S/C6H10O4S.2C4H9.2H2O.Sn/c7-5(8)1-3-11-4-2-6(9)10;2*1-3-4-2;;;/h1-4H2,(H,7,8)(H,9,10);2*1,3-4H2,2H3;2*1H2;/p-2. The van der Waals surface area contributed by atoms with E-state index in [2.05, 4.69) is 13.8 Å². The molecule has 0 heterocycles. The van der Waals surface area contributed by atoms with Crippen LogP contribution < -0.4 is 10.2 Å². The van der Waals surface area contributed by atoms with Crippen LogP contribution in [0.1, 0.15) is 52.4 Å². The number of thioether (sulfide) groups is 1. The summed E-state index contributed by atoms with van der Waals surface area (Å²) >= 11 is 1.42. The van der Waals surface area contributed by atoms with Crippen LogP contribution in [0.25, 0.3) is 0 Å². The SMILES string of the molecule is CCC[CH2][Sn][CH2]CCC.O.O.O=C([O-])CCSCCC(=O)[O-]. The van der Waals surface area contributed by atoms with Crippen molar-refractivity contribution in [2.24, 2.45) is 0 Å². The monoisotopic (exact) mass is 446 g/mol. The summed E-state index contributed by atoms with van der Waals surface area (Å²) < 4.78 is 3.25. The van der Waals surface area contributed by atoms with Gasteiger partial charge in [-0.3, -0.25) is 0 Å². The average Bonchev–Trinajstić information content (AvgIpc) is 2.38. The third-order valence-corrected chi connectivity index (χ3v) is 7.34. The van der Waals surface area contributed by atoms with Crippen molar-refractivity contribution in [2.75, 3.05) is 11.5 Å². The molecule has 0 saturated heterocycles. The molecule has 0 spiro atoms. The van der Waals surface area contributed by atoms with Crippen LogP contribution in [-0.2, 0) is 9.59 Å². The van der Waals surface area contributed by atoms with Crippen molar-refractivity contribution in [1.29, 1.82) is 0 Å². The first-order valence-corrected chi connectivity index (χ1v) is 12.4. The van der Waals surface area contributed by atoms with E-state index in [0.29, 0.717) is 11.5 Å². The van der Waals surface area contributed by atoms with Crippen molar-refractivity contribution < 1.29 is 30.8 Å². The molecule has 0 aromatic carbocycles. The Morgan fingerprint density at radius 2 is 1.23 bits per heavy atom. The molecule has 0 bridgehead atoms. The summed E-state index contributed by atoms with van der Waals surface area (Å²) in [5.41, 5.74) is 0. The molecule has 134 valence electrons. The van der Waals surface area contributed by atoms with Gasteiger partial charge in [-0.05, 0) is 24.3 Å². The van der Waals surface area contributed by atoms with E-state index in [1.165, 1.54) is 37.4 Å². The molecular formula is C14H30O6SSn-2. The largest absolute Gasteiger partial charge is 0.550 e. The van der Waals surface area contributed by atoms with Gasteiger partial charge in [-0.2, -0.15) is 11.8 Å². The number of carbonyl (C=O) groups excluding carboxylic acids is 2. The molecule has 0 aromatic rings. The minimum absolute atomic E-state index is 0. The maximum atomic E-state index is 9.84. The number of carboxylic acid groups (broad SMARTS) is 2. The third kappa shape index (κ3) is 36.8. The minimum Gasteiger partial charge on any atom is -0.550 e. The number of aliphatic carboxylic acids is 2. The van der Waals surface area contributed by atoms with Crippen LogP contribution in [0.2, 0.25) is 8.87 Å². The summed E-state index contributed by atoms with van der Waals surface area (Å²) in [5.74, 6) is -1.41. The Kier molecular flexibility index (Phi) is 35.3. The molecule has 0 unspecified atom stereocenters. The Balaban J connectivity index is -0.000000137. The van der Waals surface area contributed by atoms with Crippen molar-refractivity contribution in [2.45, 2.75) is 61.2 Å². The molecule has 0 fully saturated rings. The van der Waals surface area contributed by atoms with E-state index in [4.69, 9.17) is 0 Å². The number of unbranched alkanes of at least 4 members (excludes halogenated alkanes) is 2. The third-order valence-electron chi connectivity index (χ3n) is 2.32. The molecule has 6 nitrogen and oxygen atoms in total. The zero-order chi connectivity index (χ0) is 15.6. The van der Waals surface area contributed by atoms with Crippen LogP contribution >= 0.6 is 11.8 Å². The predicted octanol–water partition coefficient (Wildman–Crippen LogP) is -0.522. The Bertz CT molecular complexity index is 219. The van der Waals surface area contributed by atoms with Crippen LogP contribution in [0.3, 0.4) is 0 Å². The number of carboxylic acids is 2. The summed E-state index contributed by atoms with van der Waals surface area (Å²) in [6, 6.07) is 0. The number of hydrogen-bond donors (Lipinski definition) is 0. The fourth-order valence-electron chi connectivity index (χ4n) is 1.14. The molecule has 0 amide bonds. The fourth-order valence-corrected chi connectivity index (χ4v) is 6.13. The normalized spacial score (nSPS) is 8.82. The molecule has 0 aliphatic rings. The molecule has 0 aromatic heterocycles. The molecule has 0 atom stereocenters. The van der Waals surface area contributed by atoms with Crippen LogP contribution in [0.5, 0.6) is 0 Å². The van der Waals surface area contributed by atoms with Gasteiger partial charge in [0.1, 0.15) is 0 Å².